The SMILES string of the molecule is Cc1[nH]c2ccccc2c1N(C)C(=O)CCS. The van der Waals surface area contributed by atoms with Gasteiger partial charge in [0.05, 0.1) is 5.69 Å². The highest BCUT2D eigenvalue weighted by atomic mass is 32.1. The summed E-state index contributed by atoms with van der Waals surface area (Å²) in [5.41, 5.74) is 3.04. The number of rotatable bonds is 3. The lowest BCUT2D eigenvalue weighted by atomic mass is 10.2. The average Bonchev–Trinajstić information content (AvgIpc) is 2.64. The molecule has 17 heavy (non-hydrogen) atoms. The molecule has 1 heterocycles. The molecule has 0 bridgehead atoms. The molecule has 0 aliphatic heterocycles. The summed E-state index contributed by atoms with van der Waals surface area (Å²) < 4.78 is 0. The van der Waals surface area contributed by atoms with E-state index in [9.17, 15) is 4.79 Å². The van der Waals surface area contributed by atoms with Crippen molar-refractivity contribution < 1.29 is 4.79 Å². The maximum Gasteiger partial charge on any atom is 0.227 e. The molecule has 1 aromatic heterocycles. The molecule has 0 aliphatic rings. The number of aromatic nitrogens is 1. The summed E-state index contributed by atoms with van der Waals surface area (Å²) in [7, 11) is 1.81. The molecular weight excluding hydrogens is 232 g/mol. The molecule has 0 atom stereocenters. The second kappa shape index (κ2) is 4.84. The molecule has 0 unspecified atom stereocenters. The van der Waals surface area contributed by atoms with E-state index < -0.39 is 0 Å². The summed E-state index contributed by atoms with van der Waals surface area (Å²) >= 11 is 4.10. The minimum atomic E-state index is 0.0906. The first-order valence-electron chi connectivity index (χ1n) is 5.60. The van der Waals surface area contributed by atoms with Gasteiger partial charge in [0.15, 0.2) is 0 Å². The zero-order valence-corrected chi connectivity index (χ0v) is 10.9. The Bertz CT molecular complexity index is 547. The van der Waals surface area contributed by atoms with E-state index in [1.807, 2.05) is 38.2 Å². The van der Waals surface area contributed by atoms with Crippen molar-refractivity contribution in [3.05, 3.63) is 30.0 Å². The van der Waals surface area contributed by atoms with Crippen LogP contribution in [-0.2, 0) is 4.79 Å². The van der Waals surface area contributed by atoms with Gasteiger partial charge in [-0.15, -0.1) is 0 Å². The first kappa shape index (κ1) is 12.0. The number of anilines is 1. The van der Waals surface area contributed by atoms with E-state index in [0.717, 1.165) is 22.3 Å². The Morgan fingerprint density at radius 1 is 1.41 bits per heavy atom. The Morgan fingerprint density at radius 3 is 2.82 bits per heavy atom. The number of carbonyl (C=O) groups excluding carboxylic acids is 1. The molecule has 90 valence electrons. The highest BCUT2D eigenvalue weighted by Crippen LogP contribution is 2.30. The van der Waals surface area contributed by atoms with Crippen LogP contribution in [0.3, 0.4) is 0 Å². The van der Waals surface area contributed by atoms with Crippen LogP contribution in [0, 0.1) is 6.92 Å². The number of aromatic amines is 1. The van der Waals surface area contributed by atoms with Crippen molar-refractivity contribution in [2.45, 2.75) is 13.3 Å². The van der Waals surface area contributed by atoms with Gasteiger partial charge in [0.25, 0.3) is 0 Å². The molecule has 3 nitrogen and oxygen atoms in total. The van der Waals surface area contributed by atoms with Crippen LogP contribution in [0.5, 0.6) is 0 Å². The van der Waals surface area contributed by atoms with E-state index in [-0.39, 0.29) is 5.91 Å². The van der Waals surface area contributed by atoms with Gasteiger partial charge < -0.3 is 9.88 Å². The summed E-state index contributed by atoms with van der Waals surface area (Å²) in [6.07, 6.45) is 0.457. The smallest absolute Gasteiger partial charge is 0.227 e. The minimum Gasteiger partial charge on any atom is -0.357 e. The van der Waals surface area contributed by atoms with E-state index in [4.69, 9.17) is 0 Å². The van der Waals surface area contributed by atoms with Crippen LogP contribution in [0.4, 0.5) is 5.69 Å². The number of para-hydroxylation sites is 1. The highest BCUT2D eigenvalue weighted by molar-refractivity contribution is 7.80. The second-order valence-corrected chi connectivity index (χ2v) is 4.52. The third kappa shape index (κ3) is 2.17. The van der Waals surface area contributed by atoms with E-state index in [1.165, 1.54) is 0 Å². The third-order valence-corrected chi connectivity index (χ3v) is 3.12. The predicted molar refractivity (Wildman–Crippen MR) is 74.9 cm³/mol. The van der Waals surface area contributed by atoms with Crippen LogP contribution in [0.1, 0.15) is 12.1 Å². The molecule has 2 aromatic rings. The number of nitrogens with one attached hydrogen (secondary N) is 1. The molecule has 4 heteroatoms. The number of hydrogen-bond acceptors (Lipinski definition) is 2. The first-order chi connectivity index (χ1) is 8.15. The van der Waals surface area contributed by atoms with Crippen molar-refractivity contribution >= 4 is 35.1 Å². The van der Waals surface area contributed by atoms with Gasteiger partial charge in [0.1, 0.15) is 0 Å². The standard InChI is InChI=1S/C13H16N2OS/c1-9-13(15(2)12(16)7-8-17)10-5-3-4-6-11(10)14-9/h3-6,14,17H,7-8H2,1-2H3. The van der Waals surface area contributed by atoms with Gasteiger partial charge in [0.2, 0.25) is 5.91 Å². The van der Waals surface area contributed by atoms with E-state index >= 15 is 0 Å². The number of aryl methyl sites for hydroxylation is 1. The maximum atomic E-state index is 11.9. The first-order valence-corrected chi connectivity index (χ1v) is 6.23. The minimum absolute atomic E-state index is 0.0906. The lowest BCUT2D eigenvalue weighted by molar-refractivity contribution is -0.117. The normalized spacial score (nSPS) is 10.8. The van der Waals surface area contributed by atoms with Crippen LogP contribution in [-0.4, -0.2) is 23.7 Å². The van der Waals surface area contributed by atoms with Crippen molar-refractivity contribution in [2.75, 3.05) is 17.7 Å². The predicted octanol–water partition coefficient (Wildman–Crippen LogP) is 2.76. The summed E-state index contributed by atoms with van der Waals surface area (Å²) in [5, 5.41) is 1.08. The molecule has 0 spiro atoms. The fourth-order valence-corrected chi connectivity index (χ4v) is 2.27. The molecule has 1 amide bonds. The molecule has 1 aromatic carbocycles. The Hall–Kier alpha value is -1.42. The largest absolute Gasteiger partial charge is 0.357 e. The molecular formula is C13H16N2OS. The van der Waals surface area contributed by atoms with Crippen LogP contribution in [0.25, 0.3) is 10.9 Å². The maximum absolute atomic E-state index is 11.9. The Labute approximate surface area is 106 Å². The van der Waals surface area contributed by atoms with Crippen LogP contribution < -0.4 is 4.90 Å². The number of hydrogen-bond donors (Lipinski definition) is 2. The molecule has 2 rings (SSSR count). The van der Waals surface area contributed by atoms with Gasteiger partial charge in [-0.05, 0) is 18.7 Å². The van der Waals surface area contributed by atoms with E-state index in [2.05, 4.69) is 17.6 Å². The fourth-order valence-electron chi connectivity index (χ4n) is 2.08. The Kier molecular flexibility index (Phi) is 3.43. The number of fused-ring (bicyclic) bond motifs is 1. The average molecular weight is 248 g/mol. The zero-order chi connectivity index (χ0) is 12.4. The van der Waals surface area contributed by atoms with Crippen LogP contribution in [0.2, 0.25) is 0 Å². The van der Waals surface area contributed by atoms with Gasteiger partial charge in [-0.3, -0.25) is 4.79 Å². The highest BCUT2D eigenvalue weighted by Gasteiger charge is 2.16. The van der Waals surface area contributed by atoms with E-state index in [0.29, 0.717) is 12.2 Å². The monoisotopic (exact) mass is 248 g/mol. The van der Waals surface area contributed by atoms with Gasteiger partial charge in [-0.2, -0.15) is 12.6 Å². The summed E-state index contributed by atoms with van der Waals surface area (Å²) in [6, 6.07) is 8.01. The van der Waals surface area contributed by atoms with Crippen molar-refractivity contribution in [1.82, 2.24) is 4.98 Å². The van der Waals surface area contributed by atoms with Crippen molar-refractivity contribution in [3.63, 3.8) is 0 Å². The van der Waals surface area contributed by atoms with Crippen LogP contribution >= 0.6 is 12.6 Å². The molecule has 0 aliphatic carbocycles. The topological polar surface area (TPSA) is 36.1 Å². The van der Waals surface area contributed by atoms with Crippen molar-refractivity contribution in [3.8, 4) is 0 Å². The number of thiol groups is 1. The fraction of sp³-hybridized carbons (Fsp3) is 0.308. The molecule has 0 saturated heterocycles. The Morgan fingerprint density at radius 2 is 2.12 bits per heavy atom. The number of nitrogens with zero attached hydrogens (tertiary/aromatic N) is 1. The third-order valence-electron chi connectivity index (χ3n) is 2.89. The molecule has 0 radical (unpaired) electrons. The van der Waals surface area contributed by atoms with Gasteiger partial charge >= 0.3 is 0 Å². The molecule has 1 N–H and O–H groups in total. The quantitative estimate of drug-likeness (QED) is 0.805. The Balaban J connectivity index is 2.47. The van der Waals surface area contributed by atoms with Gasteiger partial charge in [-0.1, -0.05) is 18.2 Å². The van der Waals surface area contributed by atoms with Crippen molar-refractivity contribution in [2.24, 2.45) is 0 Å². The van der Waals surface area contributed by atoms with Gasteiger partial charge in [-0.25, -0.2) is 0 Å². The van der Waals surface area contributed by atoms with Gasteiger partial charge in [0, 0.05) is 30.1 Å². The number of amides is 1. The summed E-state index contributed by atoms with van der Waals surface area (Å²) in [4.78, 5) is 16.9. The lowest BCUT2D eigenvalue weighted by Crippen LogP contribution is -2.26. The summed E-state index contributed by atoms with van der Waals surface area (Å²) in [6.45, 7) is 1.99. The van der Waals surface area contributed by atoms with Crippen molar-refractivity contribution in [1.29, 1.82) is 0 Å². The molecule has 0 saturated carbocycles. The zero-order valence-electron chi connectivity index (χ0n) is 10.0. The number of carbonyl (C=O) groups is 1. The summed E-state index contributed by atoms with van der Waals surface area (Å²) in [5.74, 6) is 0.665. The van der Waals surface area contributed by atoms with E-state index in [1.54, 1.807) is 4.90 Å². The van der Waals surface area contributed by atoms with Crippen LogP contribution in [0.15, 0.2) is 24.3 Å². The second-order valence-electron chi connectivity index (χ2n) is 4.07. The molecule has 0 fully saturated rings. The number of H-pyrrole nitrogens is 1. The lowest BCUT2D eigenvalue weighted by Gasteiger charge is -2.17. The number of benzene rings is 1.